The van der Waals surface area contributed by atoms with Gasteiger partial charge in [-0.05, 0) is 57.7 Å². The highest BCUT2D eigenvalue weighted by atomic mass is 35.5. The van der Waals surface area contributed by atoms with Gasteiger partial charge in [0.05, 0.1) is 0 Å². The first-order valence-corrected chi connectivity index (χ1v) is 7.29. The van der Waals surface area contributed by atoms with Gasteiger partial charge in [-0.1, -0.05) is 12.1 Å². The minimum Gasteiger partial charge on any atom is -0.339 e. The van der Waals surface area contributed by atoms with E-state index in [1.165, 1.54) is 5.56 Å². The fraction of sp³-hybridized carbons (Fsp3) is 0.562. The predicted molar refractivity (Wildman–Crippen MR) is 96.3 cm³/mol. The van der Waals surface area contributed by atoms with Crippen LogP contribution < -0.4 is 5.32 Å². The molecule has 0 spiro atoms. The lowest BCUT2D eigenvalue weighted by atomic mass is 10.0. The Bertz CT molecular complexity index is 462. The van der Waals surface area contributed by atoms with Gasteiger partial charge in [0, 0.05) is 25.2 Å². The minimum atomic E-state index is 0. The zero-order valence-corrected chi connectivity index (χ0v) is 15.2. The number of nitrogens with one attached hydrogen (secondary N) is 1. The van der Waals surface area contributed by atoms with Gasteiger partial charge in [0.15, 0.2) is 0 Å². The van der Waals surface area contributed by atoms with Gasteiger partial charge in [-0.3, -0.25) is 4.79 Å². The van der Waals surface area contributed by atoms with E-state index in [4.69, 9.17) is 0 Å². The summed E-state index contributed by atoms with van der Waals surface area (Å²) in [5.41, 5.74) is 1.98. The van der Waals surface area contributed by atoms with E-state index in [1.54, 1.807) is 0 Å². The number of rotatable bonds is 4. The van der Waals surface area contributed by atoms with Gasteiger partial charge >= 0.3 is 0 Å². The molecule has 0 unspecified atom stereocenters. The summed E-state index contributed by atoms with van der Waals surface area (Å²) in [6, 6.07) is 8.34. The van der Waals surface area contributed by atoms with Crippen LogP contribution in [0.5, 0.6) is 0 Å². The summed E-state index contributed by atoms with van der Waals surface area (Å²) in [4.78, 5) is 16.6. The lowest BCUT2D eigenvalue weighted by Crippen LogP contribution is -2.44. The van der Waals surface area contributed by atoms with Crippen LogP contribution in [-0.4, -0.2) is 56.0 Å². The van der Waals surface area contributed by atoms with Crippen LogP contribution in [-0.2, 0) is 6.54 Å². The van der Waals surface area contributed by atoms with Gasteiger partial charge in [0.2, 0.25) is 0 Å². The number of nitrogens with zero attached hydrogens (tertiary/aromatic N) is 2. The average molecular weight is 348 g/mol. The molecule has 1 saturated heterocycles. The van der Waals surface area contributed by atoms with Gasteiger partial charge in [-0.25, -0.2) is 0 Å². The fourth-order valence-corrected chi connectivity index (χ4v) is 2.73. The van der Waals surface area contributed by atoms with E-state index in [9.17, 15) is 4.79 Å². The number of carbonyl (C=O) groups is 1. The SMILES string of the molecule is CN(C)Cc1cccc(C(=O)N(C)C2CCNCC2)c1.Cl.Cl. The monoisotopic (exact) mass is 347 g/mol. The first kappa shape index (κ1) is 21.2. The first-order valence-electron chi connectivity index (χ1n) is 7.29. The van der Waals surface area contributed by atoms with Gasteiger partial charge in [-0.2, -0.15) is 0 Å². The molecule has 1 aliphatic rings. The molecule has 22 heavy (non-hydrogen) atoms. The van der Waals surface area contributed by atoms with Gasteiger partial charge in [0.25, 0.3) is 5.91 Å². The predicted octanol–water partition coefficient (Wildman–Crippen LogP) is 2.42. The highest BCUT2D eigenvalue weighted by Gasteiger charge is 2.22. The number of hydrogen-bond acceptors (Lipinski definition) is 3. The van der Waals surface area contributed by atoms with Crippen molar-refractivity contribution in [3.63, 3.8) is 0 Å². The van der Waals surface area contributed by atoms with Gasteiger partial charge < -0.3 is 15.1 Å². The highest BCUT2D eigenvalue weighted by molar-refractivity contribution is 5.94. The van der Waals surface area contributed by atoms with Crippen molar-refractivity contribution in [2.75, 3.05) is 34.2 Å². The standard InChI is InChI=1S/C16H25N3O.2ClH/c1-18(2)12-13-5-4-6-14(11-13)16(20)19(3)15-7-9-17-10-8-15;;/h4-6,11,15,17H,7-10,12H2,1-3H3;2*1H. The van der Waals surface area contributed by atoms with Crippen molar-refractivity contribution < 1.29 is 4.79 Å². The van der Waals surface area contributed by atoms with Gasteiger partial charge in [-0.15, -0.1) is 24.8 Å². The summed E-state index contributed by atoms with van der Waals surface area (Å²) < 4.78 is 0. The summed E-state index contributed by atoms with van der Waals surface area (Å²) in [6.45, 7) is 2.87. The van der Waals surface area contributed by atoms with Crippen molar-refractivity contribution >= 4 is 30.7 Å². The molecule has 0 saturated carbocycles. The zero-order valence-electron chi connectivity index (χ0n) is 13.5. The maximum Gasteiger partial charge on any atom is 0.253 e. The minimum absolute atomic E-state index is 0. The number of amides is 1. The summed E-state index contributed by atoms with van der Waals surface area (Å²) in [5, 5.41) is 3.34. The topological polar surface area (TPSA) is 35.6 Å². The van der Waals surface area contributed by atoms with E-state index >= 15 is 0 Å². The van der Waals surface area contributed by atoms with Crippen molar-refractivity contribution in [1.82, 2.24) is 15.1 Å². The highest BCUT2D eigenvalue weighted by Crippen LogP contribution is 2.15. The smallest absolute Gasteiger partial charge is 0.253 e. The molecule has 1 N–H and O–H groups in total. The van der Waals surface area contributed by atoms with Crippen molar-refractivity contribution in [2.45, 2.75) is 25.4 Å². The second-order valence-electron chi connectivity index (χ2n) is 5.84. The van der Waals surface area contributed by atoms with Crippen LogP contribution in [0.4, 0.5) is 0 Å². The Kier molecular flexibility index (Phi) is 9.69. The Morgan fingerprint density at radius 3 is 2.41 bits per heavy atom. The third-order valence-electron chi connectivity index (χ3n) is 3.85. The van der Waals surface area contributed by atoms with Crippen LogP contribution in [0.3, 0.4) is 0 Å². The fourth-order valence-electron chi connectivity index (χ4n) is 2.73. The Labute approximate surface area is 146 Å². The van der Waals surface area contributed by atoms with Crippen molar-refractivity contribution in [1.29, 1.82) is 0 Å². The third kappa shape index (κ3) is 5.76. The van der Waals surface area contributed by atoms with Crippen molar-refractivity contribution in [2.24, 2.45) is 0 Å². The maximum absolute atomic E-state index is 12.6. The molecule has 1 heterocycles. The second-order valence-corrected chi connectivity index (χ2v) is 5.84. The Morgan fingerprint density at radius 1 is 1.18 bits per heavy atom. The molecule has 2 rings (SSSR count). The molecule has 0 aliphatic carbocycles. The quantitative estimate of drug-likeness (QED) is 0.908. The average Bonchev–Trinajstić information content (AvgIpc) is 2.46. The number of carbonyl (C=O) groups excluding carboxylic acids is 1. The molecule has 0 atom stereocenters. The Morgan fingerprint density at radius 2 is 1.82 bits per heavy atom. The molecule has 0 radical (unpaired) electrons. The molecular formula is C16H27Cl2N3O. The van der Waals surface area contributed by atoms with Crippen molar-refractivity contribution in [3.8, 4) is 0 Å². The van der Waals surface area contributed by atoms with E-state index in [0.717, 1.165) is 38.0 Å². The molecule has 1 aromatic rings. The molecule has 6 heteroatoms. The molecule has 1 aliphatic heterocycles. The van der Waals surface area contributed by atoms with Crippen molar-refractivity contribution in [3.05, 3.63) is 35.4 Å². The van der Waals surface area contributed by atoms with E-state index in [2.05, 4.69) is 16.3 Å². The van der Waals surface area contributed by atoms with E-state index < -0.39 is 0 Å². The summed E-state index contributed by atoms with van der Waals surface area (Å²) >= 11 is 0. The number of benzene rings is 1. The largest absolute Gasteiger partial charge is 0.339 e. The number of halogens is 2. The van der Waals surface area contributed by atoms with Crippen LogP contribution >= 0.6 is 24.8 Å². The molecule has 1 aromatic carbocycles. The molecule has 1 fully saturated rings. The number of piperidine rings is 1. The van der Waals surface area contributed by atoms with Crippen LogP contribution in [0.15, 0.2) is 24.3 Å². The second kappa shape index (κ2) is 10.1. The molecule has 126 valence electrons. The summed E-state index contributed by atoms with van der Waals surface area (Å²) in [5.74, 6) is 0.137. The molecule has 0 bridgehead atoms. The molecule has 1 amide bonds. The molecule has 0 aromatic heterocycles. The zero-order chi connectivity index (χ0) is 14.5. The van der Waals surface area contributed by atoms with Crippen LogP contribution in [0.1, 0.15) is 28.8 Å². The molecule has 4 nitrogen and oxygen atoms in total. The maximum atomic E-state index is 12.6. The number of hydrogen-bond donors (Lipinski definition) is 1. The van der Waals surface area contributed by atoms with Crippen LogP contribution in [0, 0.1) is 0 Å². The van der Waals surface area contributed by atoms with Crippen LogP contribution in [0.25, 0.3) is 0 Å². The normalized spacial score (nSPS) is 14.9. The van der Waals surface area contributed by atoms with E-state index in [0.29, 0.717) is 6.04 Å². The third-order valence-corrected chi connectivity index (χ3v) is 3.85. The molecular weight excluding hydrogens is 321 g/mol. The Hall–Kier alpha value is -0.810. The van der Waals surface area contributed by atoms with Crippen LogP contribution in [0.2, 0.25) is 0 Å². The first-order chi connectivity index (χ1) is 9.58. The van der Waals surface area contributed by atoms with Gasteiger partial charge in [0.1, 0.15) is 0 Å². The van der Waals surface area contributed by atoms with E-state index in [-0.39, 0.29) is 30.7 Å². The Balaban J connectivity index is 0.00000220. The lowest BCUT2D eigenvalue weighted by Gasteiger charge is -2.31. The lowest BCUT2D eigenvalue weighted by molar-refractivity contribution is 0.0703. The summed E-state index contributed by atoms with van der Waals surface area (Å²) in [7, 11) is 6.00. The summed E-state index contributed by atoms with van der Waals surface area (Å²) in [6.07, 6.45) is 2.08. The van der Waals surface area contributed by atoms with E-state index in [1.807, 2.05) is 44.2 Å².